The number of hydrogen-bond acceptors (Lipinski definition) is 6. The van der Waals surface area contributed by atoms with E-state index in [9.17, 15) is 25.2 Å². The van der Waals surface area contributed by atoms with E-state index in [2.05, 4.69) is 44.0 Å². The van der Waals surface area contributed by atoms with Crippen molar-refractivity contribution in [2.75, 3.05) is 26.8 Å². The highest BCUT2D eigenvalue weighted by molar-refractivity contribution is 5.76. The van der Waals surface area contributed by atoms with Crippen molar-refractivity contribution in [2.45, 2.75) is 89.8 Å². The highest BCUT2D eigenvalue weighted by atomic mass is 16.3. The molecule has 0 aromatic carbocycles. The molecule has 232 valence electrons. The lowest BCUT2D eigenvalue weighted by Crippen LogP contribution is -2.67. The normalized spacial score (nSPS) is 36.0. The number of rotatable bonds is 13. The molecule has 0 radical (unpaired) electrons. The van der Waals surface area contributed by atoms with Crippen LogP contribution in [0.25, 0.3) is 0 Å². The summed E-state index contributed by atoms with van der Waals surface area (Å²) in [4.78, 5) is 12.5. The SMILES string of the molecule is C=C(/C=C/C=C(/CO)[C@@H]1CC[C@]2([C@@H]1O)[C@H]1C3=C(C=O)CCC[C@@]3(C=C[C@@H]1CCO)C[C@]2(O)CCNC)CCC=C(C)C. The Bertz CT molecular complexity index is 1160. The van der Waals surface area contributed by atoms with Gasteiger partial charge in [0.25, 0.3) is 0 Å². The first-order valence-corrected chi connectivity index (χ1v) is 16.0. The van der Waals surface area contributed by atoms with E-state index in [1.54, 1.807) is 0 Å². The van der Waals surface area contributed by atoms with Gasteiger partial charge in [0.1, 0.15) is 6.29 Å². The van der Waals surface area contributed by atoms with E-state index in [4.69, 9.17) is 0 Å². The van der Waals surface area contributed by atoms with Crippen LogP contribution in [0.1, 0.15) is 78.1 Å². The van der Waals surface area contributed by atoms with Gasteiger partial charge in [0.2, 0.25) is 0 Å². The van der Waals surface area contributed by atoms with Gasteiger partial charge in [-0.05, 0) is 120 Å². The molecule has 0 aromatic heterocycles. The number of carbonyl (C=O) groups excluding carboxylic acids is 1. The number of aldehydes is 1. The summed E-state index contributed by atoms with van der Waals surface area (Å²) in [7, 11) is 1.88. The van der Waals surface area contributed by atoms with Gasteiger partial charge in [-0.1, -0.05) is 54.2 Å². The highest BCUT2D eigenvalue weighted by Crippen LogP contribution is 2.72. The molecule has 2 fully saturated rings. The summed E-state index contributed by atoms with van der Waals surface area (Å²) < 4.78 is 0. The molecule has 0 amide bonds. The van der Waals surface area contributed by atoms with E-state index >= 15 is 0 Å². The minimum atomic E-state index is -1.18. The Kier molecular flexibility index (Phi) is 10.7. The van der Waals surface area contributed by atoms with Gasteiger partial charge >= 0.3 is 0 Å². The third-order valence-electron chi connectivity index (χ3n) is 10.9. The minimum absolute atomic E-state index is 0.00313. The molecule has 2 saturated carbocycles. The van der Waals surface area contributed by atoms with E-state index < -0.39 is 22.5 Å². The van der Waals surface area contributed by atoms with Crippen LogP contribution in [0.4, 0.5) is 0 Å². The number of fused-ring (bicyclic) bond motifs is 1. The Labute approximate surface area is 252 Å². The van der Waals surface area contributed by atoms with Crippen LogP contribution >= 0.6 is 0 Å². The Morgan fingerprint density at radius 1 is 1.24 bits per heavy atom. The average Bonchev–Trinajstić information content (AvgIpc) is 3.30. The zero-order valence-electron chi connectivity index (χ0n) is 25.9. The number of carbonyl (C=O) groups is 1. The summed E-state index contributed by atoms with van der Waals surface area (Å²) in [5.74, 6) is -0.667. The molecule has 4 rings (SSSR count). The third-order valence-corrected chi connectivity index (χ3v) is 10.9. The monoisotopic (exact) mass is 579 g/mol. The van der Waals surface area contributed by atoms with Gasteiger partial charge in [-0.15, -0.1) is 0 Å². The summed E-state index contributed by atoms with van der Waals surface area (Å²) in [6.45, 7) is 8.75. The standard InChI is InChI=1S/C36H53NO5/c1-25(2)8-5-9-26(3)10-6-11-28(22-39)30-14-18-36(33(30)41)32-27(15-21-38)13-17-34(24-35(36,42)19-20-37-4)16-7-12-29(23-40)31(32)34/h6,8,10-11,13,17,23,27,30,32-33,37-39,41-42H,3,5,7,9,12,14-16,18-22,24H2,1-2,4H3/b10-6+,28-11-/t27-,30+,32-,33-,34-,35-,36-/m1/s1. The smallest absolute Gasteiger partial charge is 0.146 e. The lowest BCUT2D eigenvalue weighted by Gasteiger charge is -2.66. The molecule has 2 bridgehead atoms. The zero-order valence-corrected chi connectivity index (χ0v) is 25.9. The molecule has 1 spiro atoms. The molecular weight excluding hydrogens is 526 g/mol. The molecule has 0 heterocycles. The first-order valence-electron chi connectivity index (χ1n) is 16.0. The van der Waals surface area contributed by atoms with Crippen molar-refractivity contribution in [3.8, 4) is 0 Å². The molecule has 5 N–H and O–H groups in total. The van der Waals surface area contributed by atoms with Gasteiger partial charge in [0, 0.05) is 23.4 Å². The Hall–Kier alpha value is -2.09. The largest absolute Gasteiger partial charge is 0.396 e. The summed E-state index contributed by atoms with van der Waals surface area (Å²) in [6, 6.07) is 0. The van der Waals surface area contributed by atoms with E-state index in [0.29, 0.717) is 45.1 Å². The van der Waals surface area contributed by atoms with Crippen LogP contribution in [0.3, 0.4) is 0 Å². The van der Waals surface area contributed by atoms with E-state index in [-0.39, 0.29) is 31.0 Å². The van der Waals surface area contributed by atoms with Crippen LogP contribution in [0.5, 0.6) is 0 Å². The van der Waals surface area contributed by atoms with Crippen LogP contribution in [-0.2, 0) is 4.79 Å². The van der Waals surface area contributed by atoms with Crippen LogP contribution in [-0.4, -0.2) is 65.2 Å². The molecule has 0 aromatic rings. The molecule has 42 heavy (non-hydrogen) atoms. The maximum atomic E-state index is 12.8. The lowest BCUT2D eigenvalue weighted by atomic mass is 9.40. The zero-order chi connectivity index (χ0) is 30.5. The van der Waals surface area contributed by atoms with Crippen molar-refractivity contribution in [3.05, 3.63) is 70.9 Å². The van der Waals surface area contributed by atoms with E-state index in [1.807, 2.05) is 25.3 Å². The van der Waals surface area contributed by atoms with Gasteiger partial charge in [-0.2, -0.15) is 0 Å². The van der Waals surface area contributed by atoms with Crippen molar-refractivity contribution in [3.63, 3.8) is 0 Å². The number of hydrogen-bond donors (Lipinski definition) is 5. The fourth-order valence-corrected chi connectivity index (χ4v) is 9.07. The summed E-state index contributed by atoms with van der Waals surface area (Å²) in [5.41, 5.74) is 2.46. The second-order valence-electron chi connectivity index (χ2n) is 13.5. The lowest BCUT2D eigenvalue weighted by molar-refractivity contribution is -0.207. The van der Waals surface area contributed by atoms with Crippen molar-refractivity contribution in [1.82, 2.24) is 5.32 Å². The van der Waals surface area contributed by atoms with E-state index in [1.165, 1.54) is 5.57 Å². The quantitative estimate of drug-likeness (QED) is 0.118. The number of allylic oxidation sites excluding steroid dienone is 10. The van der Waals surface area contributed by atoms with Gasteiger partial charge in [-0.3, -0.25) is 4.79 Å². The molecule has 0 saturated heterocycles. The number of nitrogens with one attached hydrogen (secondary N) is 1. The van der Waals surface area contributed by atoms with Gasteiger partial charge in [0.05, 0.1) is 18.3 Å². The maximum absolute atomic E-state index is 12.8. The molecule has 4 aliphatic rings. The summed E-state index contributed by atoms with van der Waals surface area (Å²) >= 11 is 0. The molecular formula is C36H53NO5. The van der Waals surface area contributed by atoms with E-state index in [0.717, 1.165) is 54.3 Å². The third kappa shape index (κ3) is 5.86. The predicted octanol–water partition coefficient (Wildman–Crippen LogP) is 5.12. The van der Waals surface area contributed by atoms with Gasteiger partial charge in [0.15, 0.2) is 0 Å². The molecule has 6 nitrogen and oxygen atoms in total. The van der Waals surface area contributed by atoms with Crippen LogP contribution in [0.15, 0.2) is 70.9 Å². The number of aliphatic hydroxyl groups is 4. The predicted molar refractivity (Wildman–Crippen MR) is 169 cm³/mol. The Balaban J connectivity index is 1.76. The molecule has 7 atom stereocenters. The second-order valence-corrected chi connectivity index (χ2v) is 13.5. The fraction of sp³-hybridized carbons (Fsp3) is 0.639. The summed E-state index contributed by atoms with van der Waals surface area (Å²) in [5, 5.41) is 49.1. The van der Waals surface area contributed by atoms with Crippen LogP contribution < -0.4 is 5.32 Å². The van der Waals surface area contributed by atoms with Crippen LogP contribution in [0.2, 0.25) is 0 Å². The molecule has 0 unspecified atom stereocenters. The average molecular weight is 580 g/mol. The summed E-state index contributed by atoms with van der Waals surface area (Å²) in [6.07, 6.45) is 19.4. The topological polar surface area (TPSA) is 110 Å². The molecule has 6 heteroatoms. The first-order chi connectivity index (χ1) is 20.1. The number of aliphatic hydroxyl groups excluding tert-OH is 3. The van der Waals surface area contributed by atoms with Gasteiger partial charge in [-0.25, -0.2) is 0 Å². The van der Waals surface area contributed by atoms with Gasteiger partial charge < -0.3 is 25.7 Å². The second kappa shape index (κ2) is 13.7. The Morgan fingerprint density at radius 3 is 2.69 bits per heavy atom. The van der Waals surface area contributed by atoms with Crippen molar-refractivity contribution in [1.29, 1.82) is 0 Å². The van der Waals surface area contributed by atoms with Crippen molar-refractivity contribution in [2.24, 2.45) is 28.6 Å². The van der Waals surface area contributed by atoms with Crippen LogP contribution in [0, 0.1) is 28.6 Å². The molecule has 4 aliphatic carbocycles. The first kappa shape index (κ1) is 32.8. The highest BCUT2D eigenvalue weighted by Gasteiger charge is 2.71. The Morgan fingerprint density at radius 2 is 2.02 bits per heavy atom. The fourth-order valence-electron chi connectivity index (χ4n) is 9.07. The van der Waals surface area contributed by atoms with Crippen molar-refractivity contribution >= 4 is 6.29 Å². The van der Waals surface area contributed by atoms with Crippen molar-refractivity contribution < 1.29 is 25.2 Å². The molecule has 0 aliphatic heterocycles. The maximum Gasteiger partial charge on any atom is 0.146 e. The minimum Gasteiger partial charge on any atom is -0.396 e.